The number of ether oxygens (including phenoxy) is 1. The molecule has 0 aliphatic heterocycles. The first-order chi connectivity index (χ1) is 9.27. The Morgan fingerprint density at radius 2 is 2.10 bits per heavy atom. The fourth-order valence-electron chi connectivity index (χ4n) is 1.47. The van der Waals surface area contributed by atoms with Crippen molar-refractivity contribution >= 4 is 25.6 Å². The van der Waals surface area contributed by atoms with Gasteiger partial charge in [0, 0.05) is 30.9 Å². The molecule has 0 aromatic heterocycles. The predicted octanol–water partition coefficient (Wildman–Crippen LogP) is 1.86. The van der Waals surface area contributed by atoms with Crippen molar-refractivity contribution in [2.24, 2.45) is 0 Å². The monoisotopic (exact) mass is 323 g/mol. The summed E-state index contributed by atoms with van der Waals surface area (Å²) in [4.78, 5) is 12.9. The van der Waals surface area contributed by atoms with E-state index in [2.05, 4.69) is 0 Å². The van der Waals surface area contributed by atoms with Crippen LogP contribution in [0.1, 0.15) is 17.3 Å². The van der Waals surface area contributed by atoms with Gasteiger partial charge in [-0.2, -0.15) is 0 Å². The van der Waals surface area contributed by atoms with Crippen LogP contribution in [-0.4, -0.2) is 46.0 Å². The van der Waals surface area contributed by atoms with Crippen molar-refractivity contribution in [2.45, 2.75) is 11.8 Å². The molecule has 0 saturated heterocycles. The van der Waals surface area contributed by atoms with E-state index in [4.69, 9.17) is 15.4 Å². The van der Waals surface area contributed by atoms with Crippen LogP contribution in [0.4, 0.5) is 4.39 Å². The highest BCUT2D eigenvalue weighted by atomic mass is 35.7. The van der Waals surface area contributed by atoms with Crippen LogP contribution in [-0.2, 0) is 13.8 Å². The summed E-state index contributed by atoms with van der Waals surface area (Å²) in [6, 6.07) is 2.92. The van der Waals surface area contributed by atoms with E-state index in [1.54, 1.807) is 0 Å². The summed E-state index contributed by atoms with van der Waals surface area (Å²) in [5, 5.41) is 0. The van der Waals surface area contributed by atoms with Gasteiger partial charge < -0.3 is 9.64 Å². The lowest BCUT2D eigenvalue weighted by molar-refractivity contribution is 0.0705. The molecule has 0 saturated carbocycles. The molecule has 112 valence electrons. The van der Waals surface area contributed by atoms with E-state index in [1.807, 2.05) is 6.92 Å². The number of hydrogen-bond donors (Lipinski definition) is 0. The number of benzene rings is 1. The zero-order valence-electron chi connectivity index (χ0n) is 11.1. The summed E-state index contributed by atoms with van der Waals surface area (Å²) < 4.78 is 41.0. The normalized spacial score (nSPS) is 11.4. The average molecular weight is 324 g/mol. The molecule has 0 spiro atoms. The van der Waals surface area contributed by atoms with Gasteiger partial charge in [0.2, 0.25) is 0 Å². The lowest BCUT2D eigenvalue weighted by Crippen LogP contribution is -2.30. The lowest BCUT2D eigenvalue weighted by Gasteiger charge is -2.17. The molecule has 0 N–H and O–H groups in total. The molecule has 0 aliphatic rings. The van der Waals surface area contributed by atoms with Crippen LogP contribution in [0.5, 0.6) is 0 Å². The van der Waals surface area contributed by atoms with Crippen molar-refractivity contribution in [3.05, 3.63) is 29.6 Å². The highest BCUT2D eigenvalue weighted by Gasteiger charge is 2.19. The minimum absolute atomic E-state index is 0.215. The molecule has 0 bridgehead atoms. The van der Waals surface area contributed by atoms with Gasteiger partial charge >= 0.3 is 0 Å². The summed E-state index contributed by atoms with van der Waals surface area (Å²) in [5.74, 6) is -1.49. The van der Waals surface area contributed by atoms with Crippen molar-refractivity contribution in [3.63, 3.8) is 0 Å². The fourth-order valence-corrected chi connectivity index (χ4v) is 2.24. The molecule has 8 heteroatoms. The van der Waals surface area contributed by atoms with E-state index in [0.717, 1.165) is 18.2 Å². The van der Waals surface area contributed by atoms with E-state index in [-0.39, 0.29) is 10.5 Å². The summed E-state index contributed by atoms with van der Waals surface area (Å²) in [5.41, 5.74) is -0.215. The van der Waals surface area contributed by atoms with Crippen LogP contribution in [0, 0.1) is 5.82 Å². The molecule has 1 aromatic carbocycles. The van der Waals surface area contributed by atoms with Gasteiger partial charge in [-0.15, -0.1) is 0 Å². The van der Waals surface area contributed by atoms with E-state index < -0.39 is 20.8 Å². The van der Waals surface area contributed by atoms with Gasteiger partial charge in [0.05, 0.1) is 17.1 Å². The van der Waals surface area contributed by atoms with Crippen LogP contribution in [0.2, 0.25) is 0 Å². The minimum atomic E-state index is -4.02. The Labute approximate surface area is 121 Å². The molecule has 1 amide bonds. The maximum Gasteiger partial charge on any atom is 0.261 e. The van der Waals surface area contributed by atoms with Gasteiger partial charge in [-0.1, -0.05) is 0 Å². The maximum absolute atomic E-state index is 13.8. The van der Waals surface area contributed by atoms with E-state index in [1.165, 1.54) is 11.9 Å². The lowest BCUT2D eigenvalue weighted by atomic mass is 10.2. The summed E-state index contributed by atoms with van der Waals surface area (Å²) in [6.45, 7) is 3.00. The van der Waals surface area contributed by atoms with E-state index >= 15 is 0 Å². The van der Waals surface area contributed by atoms with Gasteiger partial charge in [-0.25, -0.2) is 12.8 Å². The number of likely N-dealkylation sites (N-methyl/N-ethyl adjacent to an activating group) is 1. The second-order valence-corrected chi connectivity index (χ2v) is 6.57. The topological polar surface area (TPSA) is 63.7 Å². The summed E-state index contributed by atoms with van der Waals surface area (Å²) in [6.07, 6.45) is 0. The summed E-state index contributed by atoms with van der Waals surface area (Å²) in [7, 11) is 2.59. The van der Waals surface area contributed by atoms with Crippen LogP contribution in [0.15, 0.2) is 23.1 Å². The van der Waals surface area contributed by atoms with Crippen molar-refractivity contribution in [1.29, 1.82) is 0 Å². The standard InChI is InChI=1S/C12H15ClFNO4S/c1-3-19-7-6-15(2)12(16)10-5-4-9(8-11(10)14)20(13,17)18/h4-5,8H,3,6-7H2,1-2H3. The Kier molecular flexibility index (Phi) is 5.91. The number of carbonyl (C=O) groups excluding carboxylic acids is 1. The number of hydrogen-bond acceptors (Lipinski definition) is 4. The first kappa shape index (κ1) is 16.9. The number of amides is 1. The molecule has 0 radical (unpaired) electrons. The van der Waals surface area contributed by atoms with Gasteiger partial charge in [0.1, 0.15) is 5.82 Å². The van der Waals surface area contributed by atoms with Crippen LogP contribution in [0.25, 0.3) is 0 Å². The smallest absolute Gasteiger partial charge is 0.261 e. The largest absolute Gasteiger partial charge is 0.380 e. The molecule has 0 atom stereocenters. The Hall–Kier alpha value is -1.18. The van der Waals surface area contributed by atoms with Crippen molar-refractivity contribution < 1.29 is 22.3 Å². The number of carbonyl (C=O) groups is 1. The quantitative estimate of drug-likeness (QED) is 0.592. The molecule has 20 heavy (non-hydrogen) atoms. The predicted molar refractivity (Wildman–Crippen MR) is 72.9 cm³/mol. The van der Waals surface area contributed by atoms with Gasteiger partial charge in [0.15, 0.2) is 0 Å². The molecule has 0 aliphatic carbocycles. The molecule has 1 rings (SSSR count). The first-order valence-corrected chi connectivity index (χ1v) is 8.15. The second kappa shape index (κ2) is 7.01. The molecular weight excluding hydrogens is 309 g/mol. The molecule has 0 fully saturated rings. The zero-order chi connectivity index (χ0) is 15.3. The van der Waals surface area contributed by atoms with Crippen molar-refractivity contribution in [3.8, 4) is 0 Å². The van der Waals surface area contributed by atoms with Crippen molar-refractivity contribution in [2.75, 3.05) is 26.8 Å². The third-order valence-corrected chi connectivity index (χ3v) is 3.93. The van der Waals surface area contributed by atoms with Crippen LogP contribution in [0.3, 0.4) is 0 Å². The SMILES string of the molecule is CCOCCN(C)C(=O)c1ccc(S(=O)(=O)Cl)cc1F. The third kappa shape index (κ3) is 4.43. The third-order valence-electron chi connectivity index (χ3n) is 2.57. The first-order valence-electron chi connectivity index (χ1n) is 5.84. The Balaban J connectivity index is 2.89. The second-order valence-electron chi connectivity index (χ2n) is 4.00. The van der Waals surface area contributed by atoms with Crippen molar-refractivity contribution in [1.82, 2.24) is 4.90 Å². The molecule has 0 heterocycles. The maximum atomic E-state index is 13.8. The van der Waals surface area contributed by atoms with Crippen LogP contribution < -0.4 is 0 Å². The molecule has 1 aromatic rings. The average Bonchev–Trinajstić information content (AvgIpc) is 2.37. The van der Waals surface area contributed by atoms with Gasteiger partial charge in [-0.3, -0.25) is 4.79 Å². The summed E-state index contributed by atoms with van der Waals surface area (Å²) >= 11 is 0. The Morgan fingerprint density at radius 3 is 2.60 bits per heavy atom. The molecule has 0 unspecified atom stereocenters. The Bertz CT molecular complexity index is 591. The highest BCUT2D eigenvalue weighted by Crippen LogP contribution is 2.19. The number of halogens is 2. The number of rotatable bonds is 6. The number of nitrogens with zero attached hydrogens (tertiary/aromatic N) is 1. The van der Waals surface area contributed by atoms with E-state index in [0.29, 0.717) is 19.8 Å². The Morgan fingerprint density at radius 1 is 1.45 bits per heavy atom. The highest BCUT2D eigenvalue weighted by molar-refractivity contribution is 8.13. The van der Waals surface area contributed by atoms with Gasteiger partial charge in [-0.05, 0) is 25.1 Å². The van der Waals surface area contributed by atoms with E-state index in [9.17, 15) is 17.6 Å². The van der Waals surface area contributed by atoms with Gasteiger partial charge in [0.25, 0.3) is 15.0 Å². The molecular formula is C12H15ClFNO4S. The molecule has 5 nitrogen and oxygen atoms in total. The minimum Gasteiger partial charge on any atom is -0.380 e. The van der Waals surface area contributed by atoms with Crippen LogP contribution >= 0.6 is 10.7 Å². The zero-order valence-corrected chi connectivity index (χ0v) is 12.7. The fraction of sp³-hybridized carbons (Fsp3) is 0.417.